The molecule has 0 saturated heterocycles. The molecule has 1 N–H and O–H groups in total. The first kappa shape index (κ1) is 21.8. The second kappa shape index (κ2) is 9.75. The van der Waals surface area contributed by atoms with Crippen LogP contribution in [0.4, 0.5) is 0 Å². The van der Waals surface area contributed by atoms with E-state index in [1.165, 1.54) is 33.5 Å². The van der Waals surface area contributed by atoms with Crippen molar-refractivity contribution < 1.29 is 14.0 Å². The Balaban J connectivity index is 1.56. The van der Waals surface area contributed by atoms with Crippen molar-refractivity contribution in [2.75, 3.05) is 18.8 Å². The molecule has 2 amide bonds. The molecule has 7 nitrogen and oxygen atoms in total. The maximum atomic E-state index is 12.4. The summed E-state index contributed by atoms with van der Waals surface area (Å²) in [5, 5.41) is 11.4. The number of likely N-dealkylation sites (N-methyl/N-ethyl adjacent to an activating group) is 1. The summed E-state index contributed by atoms with van der Waals surface area (Å²) in [6.45, 7) is 8.45. The number of fused-ring (bicyclic) bond motifs is 1. The smallest absolute Gasteiger partial charge is 0.277 e. The van der Waals surface area contributed by atoms with E-state index in [9.17, 15) is 9.59 Å². The van der Waals surface area contributed by atoms with Crippen LogP contribution in [-0.2, 0) is 22.4 Å². The SMILES string of the molecule is CCN(CC(=O)NC(C)C)C(=O)CSc1nnc(-c2cc3c(s2)CC[C@@H](C)C3)o1. The van der Waals surface area contributed by atoms with Gasteiger partial charge >= 0.3 is 0 Å². The minimum Gasteiger partial charge on any atom is -0.410 e. The molecular weight excluding hydrogens is 408 g/mol. The van der Waals surface area contributed by atoms with Crippen LogP contribution in [0.5, 0.6) is 0 Å². The fourth-order valence-corrected chi connectivity index (χ4v) is 5.11. The van der Waals surface area contributed by atoms with Crippen molar-refractivity contribution in [3.05, 3.63) is 16.5 Å². The van der Waals surface area contributed by atoms with E-state index < -0.39 is 0 Å². The summed E-state index contributed by atoms with van der Waals surface area (Å²) in [5.41, 5.74) is 1.39. The number of nitrogens with zero attached hydrogens (tertiary/aromatic N) is 3. The fraction of sp³-hybridized carbons (Fsp3) is 0.600. The normalized spacial score (nSPS) is 16.0. The second-order valence-corrected chi connectivity index (χ2v) is 9.76. The van der Waals surface area contributed by atoms with Crippen molar-refractivity contribution in [1.29, 1.82) is 0 Å². The molecule has 0 fully saturated rings. The number of amides is 2. The van der Waals surface area contributed by atoms with Gasteiger partial charge in [0, 0.05) is 17.5 Å². The van der Waals surface area contributed by atoms with E-state index in [4.69, 9.17) is 4.42 Å². The van der Waals surface area contributed by atoms with E-state index in [2.05, 4.69) is 28.5 Å². The van der Waals surface area contributed by atoms with Gasteiger partial charge < -0.3 is 14.6 Å². The number of aryl methyl sites for hydroxylation is 1. The Bertz CT molecular complexity index is 862. The van der Waals surface area contributed by atoms with Gasteiger partial charge in [-0.2, -0.15) is 0 Å². The second-order valence-electron chi connectivity index (χ2n) is 7.70. The monoisotopic (exact) mass is 436 g/mol. The zero-order valence-electron chi connectivity index (χ0n) is 17.4. The average molecular weight is 437 g/mol. The number of nitrogens with one attached hydrogen (secondary N) is 1. The highest BCUT2D eigenvalue weighted by molar-refractivity contribution is 7.99. The molecule has 2 heterocycles. The minimum atomic E-state index is -0.156. The van der Waals surface area contributed by atoms with Gasteiger partial charge in [-0.15, -0.1) is 21.5 Å². The number of thiophene rings is 1. The summed E-state index contributed by atoms with van der Waals surface area (Å²) in [5.74, 6) is 1.10. The van der Waals surface area contributed by atoms with Gasteiger partial charge in [-0.25, -0.2) is 0 Å². The lowest BCUT2D eigenvalue weighted by molar-refractivity contribution is -0.134. The van der Waals surface area contributed by atoms with Crippen LogP contribution in [0.3, 0.4) is 0 Å². The first-order valence-electron chi connectivity index (χ1n) is 10.0. The molecule has 29 heavy (non-hydrogen) atoms. The lowest BCUT2D eigenvalue weighted by Gasteiger charge is -2.20. The maximum Gasteiger partial charge on any atom is 0.277 e. The van der Waals surface area contributed by atoms with Crippen LogP contribution in [-0.4, -0.2) is 51.8 Å². The first-order valence-corrected chi connectivity index (χ1v) is 11.8. The van der Waals surface area contributed by atoms with Crippen LogP contribution >= 0.6 is 23.1 Å². The van der Waals surface area contributed by atoms with Gasteiger partial charge in [0.1, 0.15) is 0 Å². The Morgan fingerprint density at radius 2 is 2.21 bits per heavy atom. The van der Waals surface area contributed by atoms with Gasteiger partial charge in [-0.05, 0) is 57.6 Å². The number of hydrogen-bond acceptors (Lipinski definition) is 7. The van der Waals surface area contributed by atoms with Gasteiger partial charge in [-0.3, -0.25) is 9.59 Å². The summed E-state index contributed by atoms with van der Waals surface area (Å²) < 4.78 is 5.77. The summed E-state index contributed by atoms with van der Waals surface area (Å²) >= 11 is 2.93. The van der Waals surface area contributed by atoms with Crippen LogP contribution in [0.2, 0.25) is 0 Å². The van der Waals surface area contributed by atoms with Gasteiger partial charge in [0.15, 0.2) is 0 Å². The van der Waals surface area contributed by atoms with E-state index in [1.54, 1.807) is 11.3 Å². The van der Waals surface area contributed by atoms with Crippen molar-refractivity contribution in [2.24, 2.45) is 5.92 Å². The highest BCUT2D eigenvalue weighted by Gasteiger charge is 2.22. The third-order valence-electron chi connectivity index (χ3n) is 4.78. The Labute approximate surface area is 179 Å². The number of rotatable bonds is 8. The molecule has 158 valence electrons. The van der Waals surface area contributed by atoms with Gasteiger partial charge in [0.2, 0.25) is 11.8 Å². The summed E-state index contributed by atoms with van der Waals surface area (Å²) in [4.78, 5) is 28.3. The lowest BCUT2D eigenvalue weighted by Crippen LogP contribution is -2.43. The number of aromatic nitrogens is 2. The topological polar surface area (TPSA) is 88.3 Å². The predicted molar refractivity (Wildman–Crippen MR) is 115 cm³/mol. The lowest BCUT2D eigenvalue weighted by atomic mass is 9.90. The Morgan fingerprint density at radius 3 is 2.93 bits per heavy atom. The van der Waals surface area contributed by atoms with Crippen molar-refractivity contribution in [3.8, 4) is 10.8 Å². The number of thioether (sulfide) groups is 1. The molecule has 0 unspecified atom stereocenters. The standard InChI is InChI=1S/C20H28N4O3S2/c1-5-24(10-17(25)21-12(2)3)18(26)11-28-20-23-22-19(27-20)16-9-14-8-13(4)6-7-15(14)29-16/h9,12-13H,5-8,10-11H2,1-4H3,(H,21,25)/t13-/m1/s1. The van der Waals surface area contributed by atoms with Crippen molar-refractivity contribution in [3.63, 3.8) is 0 Å². The van der Waals surface area contributed by atoms with Gasteiger partial charge in [0.25, 0.3) is 11.1 Å². The van der Waals surface area contributed by atoms with E-state index in [0.29, 0.717) is 23.6 Å². The molecule has 0 aliphatic heterocycles. The minimum absolute atomic E-state index is 0.0497. The molecule has 2 aromatic rings. The number of hydrogen-bond donors (Lipinski definition) is 1. The third-order valence-corrected chi connectivity index (χ3v) is 6.81. The Morgan fingerprint density at radius 1 is 1.41 bits per heavy atom. The first-order chi connectivity index (χ1) is 13.9. The van der Waals surface area contributed by atoms with Crippen molar-refractivity contribution in [2.45, 2.75) is 58.2 Å². The largest absolute Gasteiger partial charge is 0.410 e. The predicted octanol–water partition coefficient (Wildman–Crippen LogP) is 3.39. The molecule has 0 saturated carbocycles. The van der Waals surface area contributed by atoms with Crippen LogP contribution in [0.15, 0.2) is 15.7 Å². The summed E-state index contributed by atoms with van der Waals surface area (Å²) in [6, 6.07) is 2.21. The van der Waals surface area contributed by atoms with Crippen molar-refractivity contribution in [1.82, 2.24) is 20.4 Å². The molecule has 0 bridgehead atoms. The maximum absolute atomic E-state index is 12.4. The highest BCUT2D eigenvalue weighted by atomic mass is 32.2. The average Bonchev–Trinajstić information content (AvgIpc) is 3.29. The Hall–Kier alpha value is -1.87. The van der Waals surface area contributed by atoms with Crippen LogP contribution in [0, 0.1) is 5.92 Å². The van der Waals surface area contributed by atoms with E-state index >= 15 is 0 Å². The van der Waals surface area contributed by atoms with E-state index in [0.717, 1.165) is 17.7 Å². The molecule has 1 atom stereocenters. The molecule has 1 aliphatic carbocycles. The molecule has 3 rings (SSSR count). The Kier molecular flexibility index (Phi) is 7.34. The molecule has 1 aliphatic rings. The zero-order chi connectivity index (χ0) is 21.0. The molecule has 2 aromatic heterocycles. The van der Waals surface area contributed by atoms with Crippen molar-refractivity contribution >= 4 is 34.9 Å². The highest BCUT2D eigenvalue weighted by Crippen LogP contribution is 2.37. The number of carbonyl (C=O) groups is 2. The quantitative estimate of drug-likeness (QED) is 0.638. The summed E-state index contributed by atoms with van der Waals surface area (Å²) in [7, 11) is 0. The van der Waals surface area contributed by atoms with Crippen LogP contribution in [0.25, 0.3) is 10.8 Å². The molecular formula is C20H28N4O3S2. The van der Waals surface area contributed by atoms with E-state index in [-0.39, 0.29) is 30.2 Å². The molecule has 9 heteroatoms. The van der Waals surface area contributed by atoms with Gasteiger partial charge in [-0.1, -0.05) is 18.7 Å². The van der Waals surface area contributed by atoms with Crippen LogP contribution in [0.1, 0.15) is 44.6 Å². The van der Waals surface area contributed by atoms with E-state index in [1.807, 2.05) is 20.8 Å². The van der Waals surface area contributed by atoms with Crippen LogP contribution < -0.4 is 5.32 Å². The molecule has 0 aromatic carbocycles. The third kappa shape index (κ3) is 5.82. The zero-order valence-corrected chi connectivity index (χ0v) is 19.0. The number of carbonyl (C=O) groups excluding carboxylic acids is 2. The van der Waals surface area contributed by atoms with Gasteiger partial charge in [0.05, 0.1) is 17.2 Å². The fourth-order valence-electron chi connectivity index (χ4n) is 3.31. The molecule has 0 spiro atoms. The summed E-state index contributed by atoms with van der Waals surface area (Å²) in [6.07, 6.45) is 3.44. The molecule has 0 radical (unpaired) electrons.